The van der Waals surface area contributed by atoms with Crippen LogP contribution < -0.4 is 15.4 Å². The topological polar surface area (TPSA) is 115 Å². The number of anilines is 1. The number of nitro groups is 1. The summed E-state index contributed by atoms with van der Waals surface area (Å²) in [5.74, 6) is 0.287. The number of carbonyl (C=O) groups excluding carboxylic acids is 1. The Morgan fingerprint density at radius 3 is 2.57 bits per heavy atom. The number of hydrogen-bond acceptors (Lipinski definition) is 6. The number of ether oxygens (including phenoxy) is 1. The normalized spacial score (nSPS) is 16.3. The summed E-state index contributed by atoms with van der Waals surface area (Å²) in [6.45, 7) is 6.17. The van der Waals surface area contributed by atoms with Crippen LogP contribution in [0, 0.1) is 30.9 Å². The van der Waals surface area contributed by atoms with Gasteiger partial charge in [0.15, 0.2) is 5.11 Å². The summed E-state index contributed by atoms with van der Waals surface area (Å²) in [6.07, 6.45) is 1.95. The highest BCUT2D eigenvalue weighted by molar-refractivity contribution is 7.80. The van der Waals surface area contributed by atoms with Crippen LogP contribution in [0.3, 0.4) is 0 Å². The first-order chi connectivity index (χ1) is 20.2. The van der Waals surface area contributed by atoms with E-state index in [4.69, 9.17) is 17.0 Å². The van der Waals surface area contributed by atoms with Crippen molar-refractivity contribution < 1.29 is 14.5 Å². The van der Waals surface area contributed by atoms with Crippen LogP contribution in [0.25, 0.3) is 5.69 Å². The number of nitrogens with zero attached hydrogens (tertiary/aromatic N) is 4. The molecule has 2 aromatic carbocycles. The second kappa shape index (κ2) is 12.0. The van der Waals surface area contributed by atoms with Gasteiger partial charge in [0.25, 0.3) is 5.69 Å². The predicted molar refractivity (Wildman–Crippen MR) is 165 cm³/mol. The second-order valence-corrected chi connectivity index (χ2v) is 10.6. The average Bonchev–Trinajstić information content (AvgIpc) is 3.47. The van der Waals surface area contributed by atoms with Gasteiger partial charge in [-0.25, -0.2) is 0 Å². The number of methoxy groups -OCH3 is 1. The number of amides is 1. The van der Waals surface area contributed by atoms with Gasteiger partial charge in [0.1, 0.15) is 11.4 Å². The predicted octanol–water partition coefficient (Wildman–Crippen LogP) is 5.72. The molecule has 1 fully saturated rings. The Balaban J connectivity index is 1.52. The molecule has 2 atom stereocenters. The van der Waals surface area contributed by atoms with Crippen LogP contribution in [0.5, 0.6) is 5.75 Å². The fourth-order valence-electron chi connectivity index (χ4n) is 5.56. The molecule has 5 rings (SSSR count). The van der Waals surface area contributed by atoms with Crippen LogP contribution in [-0.2, 0) is 4.79 Å². The summed E-state index contributed by atoms with van der Waals surface area (Å²) in [5.41, 5.74) is 5.52. The van der Waals surface area contributed by atoms with Crippen molar-refractivity contribution in [3.8, 4) is 11.4 Å². The van der Waals surface area contributed by atoms with Crippen molar-refractivity contribution in [3.05, 3.63) is 111 Å². The van der Waals surface area contributed by atoms with Crippen molar-refractivity contribution in [2.24, 2.45) is 0 Å². The van der Waals surface area contributed by atoms with Gasteiger partial charge in [0.05, 0.1) is 35.9 Å². The third kappa shape index (κ3) is 5.55. The molecule has 0 aliphatic carbocycles. The molecule has 0 radical (unpaired) electrons. The number of benzene rings is 2. The van der Waals surface area contributed by atoms with Crippen LogP contribution in [0.2, 0.25) is 0 Å². The van der Waals surface area contributed by atoms with Gasteiger partial charge in [-0.3, -0.25) is 19.9 Å². The van der Waals surface area contributed by atoms with E-state index in [1.54, 1.807) is 18.3 Å². The van der Waals surface area contributed by atoms with Crippen molar-refractivity contribution in [1.82, 2.24) is 19.8 Å². The quantitative estimate of drug-likeness (QED) is 0.146. The lowest BCUT2D eigenvalue weighted by molar-refractivity contribution is -0.384. The van der Waals surface area contributed by atoms with Gasteiger partial charge in [0.2, 0.25) is 5.91 Å². The van der Waals surface area contributed by atoms with Crippen LogP contribution in [0.1, 0.15) is 46.7 Å². The fraction of sp³-hybridized carbons (Fsp3) is 0.258. The molecular weight excluding hydrogens is 552 g/mol. The molecule has 1 amide bonds. The number of aromatic nitrogens is 2. The molecule has 42 heavy (non-hydrogen) atoms. The van der Waals surface area contributed by atoms with E-state index in [1.165, 1.54) is 13.2 Å². The molecule has 216 valence electrons. The zero-order valence-corrected chi connectivity index (χ0v) is 24.6. The molecule has 2 N–H and O–H groups in total. The number of thiocarbonyl (C=S) groups is 1. The standard InChI is InChI=1S/C31H32N6O4S/c1-19-9-5-6-10-24(19)33-28(38)14-16-35-30(29(34-31(35)42)25-11-7-8-15-32-25)23-17-20(2)36(21(23)3)26-13-12-22(41-4)18-27(26)37(39)40/h5-13,15,17-18,29-30H,14,16H2,1-4H3,(H,33,38)(H,34,42)/t29-,30-/m0/s1. The Labute approximate surface area is 249 Å². The van der Waals surface area contributed by atoms with Gasteiger partial charge in [-0.05, 0) is 80.5 Å². The molecule has 10 nitrogen and oxygen atoms in total. The third-order valence-electron chi connectivity index (χ3n) is 7.61. The van der Waals surface area contributed by atoms with E-state index >= 15 is 0 Å². The number of rotatable bonds is 9. The van der Waals surface area contributed by atoms with E-state index in [0.717, 1.165) is 33.9 Å². The summed E-state index contributed by atoms with van der Waals surface area (Å²) in [4.78, 5) is 31.2. The number of aryl methyl sites for hydroxylation is 2. The SMILES string of the molecule is COc1ccc(-n2c(C)cc([C@H]3[C@H](c4ccccn4)NC(=S)N3CCC(=O)Nc3ccccc3C)c2C)c([N+](=O)[O-])c1. The summed E-state index contributed by atoms with van der Waals surface area (Å²) < 4.78 is 7.12. The monoisotopic (exact) mass is 584 g/mol. The summed E-state index contributed by atoms with van der Waals surface area (Å²) >= 11 is 5.80. The smallest absolute Gasteiger partial charge is 0.296 e. The van der Waals surface area contributed by atoms with E-state index < -0.39 is 4.92 Å². The van der Waals surface area contributed by atoms with Gasteiger partial charge in [0, 0.05) is 36.2 Å². The van der Waals surface area contributed by atoms with E-state index in [2.05, 4.69) is 15.6 Å². The Morgan fingerprint density at radius 1 is 1.12 bits per heavy atom. The number of carbonyl (C=O) groups is 1. The molecule has 3 heterocycles. The minimum atomic E-state index is -0.404. The minimum Gasteiger partial charge on any atom is -0.496 e. The molecule has 1 aliphatic rings. The molecule has 0 bridgehead atoms. The van der Waals surface area contributed by atoms with Crippen LogP contribution >= 0.6 is 12.2 Å². The summed E-state index contributed by atoms with van der Waals surface area (Å²) in [7, 11) is 1.48. The van der Waals surface area contributed by atoms with Gasteiger partial charge in [-0.2, -0.15) is 0 Å². The van der Waals surface area contributed by atoms with Crippen LogP contribution in [0.4, 0.5) is 11.4 Å². The van der Waals surface area contributed by atoms with Crippen molar-refractivity contribution in [1.29, 1.82) is 0 Å². The highest BCUT2D eigenvalue weighted by Gasteiger charge is 2.41. The van der Waals surface area contributed by atoms with Gasteiger partial charge in [-0.1, -0.05) is 24.3 Å². The molecular formula is C31H32N6O4S. The van der Waals surface area contributed by atoms with Gasteiger partial charge >= 0.3 is 0 Å². The lowest BCUT2D eigenvalue weighted by Gasteiger charge is -2.28. The van der Waals surface area contributed by atoms with Crippen LogP contribution in [-0.4, -0.2) is 44.0 Å². The zero-order chi connectivity index (χ0) is 30.0. The molecule has 1 saturated heterocycles. The first-order valence-electron chi connectivity index (χ1n) is 13.5. The first kappa shape index (κ1) is 28.7. The molecule has 0 spiro atoms. The van der Waals surface area contributed by atoms with Crippen molar-refractivity contribution in [2.75, 3.05) is 19.0 Å². The van der Waals surface area contributed by atoms with Crippen molar-refractivity contribution in [3.63, 3.8) is 0 Å². The maximum Gasteiger partial charge on any atom is 0.296 e. The third-order valence-corrected chi connectivity index (χ3v) is 7.96. The largest absolute Gasteiger partial charge is 0.496 e. The minimum absolute atomic E-state index is 0.0613. The lowest BCUT2D eigenvalue weighted by atomic mass is 9.96. The number of hydrogen-bond donors (Lipinski definition) is 2. The van der Waals surface area contributed by atoms with Crippen molar-refractivity contribution in [2.45, 2.75) is 39.3 Å². The Morgan fingerprint density at radius 2 is 1.88 bits per heavy atom. The maximum atomic E-state index is 13.0. The number of para-hydroxylation sites is 1. The number of nitrogens with one attached hydrogen (secondary N) is 2. The van der Waals surface area contributed by atoms with Crippen LogP contribution in [0.15, 0.2) is 72.9 Å². The summed E-state index contributed by atoms with van der Waals surface area (Å²) in [5, 5.41) is 19.0. The Hall–Kier alpha value is -4.77. The second-order valence-electron chi connectivity index (χ2n) is 10.2. The van der Waals surface area contributed by atoms with E-state index in [1.807, 2.05) is 78.8 Å². The zero-order valence-electron chi connectivity index (χ0n) is 23.8. The maximum absolute atomic E-state index is 13.0. The molecule has 2 aromatic heterocycles. The average molecular weight is 585 g/mol. The molecule has 1 aliphatic heterocycles. The molecule has 11 heteroatoms. The van der Waals surface area contributed by atoms with E-state index in [-0.39, 0.29) is 30.1 Å². The number of nitro benzene ring substituents is 1. The highest BCUT2D eigenvalue weighted by Crippen LogP contribution is 2.42. The molecule has 4 aromatic rings. The lowest BCUT2D eigenvalue weighted by Crippen LogP contribution is -2.33. The van der Waals surface area contributed by atoms with Crippen molar-refractivity contribution >= 4 is 34.6 Å². The first-order valence-corrected chi connectivity index (χ1v) is 14.0. The van der Waals surface area contributed by atoms with E-state index in [9.17, 15) is 14.9 Å². The van der Waals surface area contributed by atoms with Gasteiger partial charge in [-0.15, -0.1) is 0 Å². The number of pyridine rings is 1. The molecule has 0 unspecified atom stereocenters. The fourth-order valence-corrected chi connectivity index (χ4v) is 5.89. The Kier molecular flexibility index (Phi) is 8.21. The molecule has 0 saturated carbocycles. The summed E-state index contributed by atoms with van der Waals surface area (Å²) in [6, 6.07) is 19.6. The van der Waals surface area contributed by atoms with Gasteiger partial charge < -0.3 is 24.8 Å². The highest BCUT2D eigenvalue weighted by atomic mass is 32.1. The van der Waals surface area contributed by atoms with E-state index in [0.29, 0.717) is 23.1 Å². The Bertz CT molecular complexity index is 1650.